The van der Waals surface area contributed by atoms with Crippen molar-refractivity contribution in [3.63, 3.8) is 0 Å². The van der Waals surface area contributed by atoms with Gasteiger partial charge in [0.15, 0.2) is 0 Å². The predicted molar refractivity (Wildman–Crippen MR) is 71.1 cm³/mol. The lowest BCUT2D eigenvalue weighted by atomic mass is 9.43. The Morgan fingerprint density at radius 3 is 2.72 bits per heavy atom. The topological polar surface area (TPSA) is 30.5 Å². The van der Waals surface area contributed by atoms with Crippen LogP contribution in [0, 0.1) is 17.3 Å². The van der Waals surface area contributed by atoms with E-state index >= 15 is 0 Å². The Kier molecular flexibility index (Phi) is 2.30. The third kappa shape index (κ3) is 1.32. The largest absolute Gasteiger partial charge is 0.475 e. The molecule has 100 valence electrons. The van der Waals surface area contributed by atoms with Crippen LogP contribution in [0.3, 0.4) is 0 Å². The summed E-state index contributed by atoms with van der Waals surface area (Å²) < 4.78 is 12.7. The summed E-state index contributed by atoms with van der Waals surface area (Å²) in [4.78, 5) is 0. The van der Waals surface area contributed by atoms with E-state index in [0.717, 1.165) is 12.5 Å². The van der Waals surface area contributed by atoms with E-state index < -0.39 is 0 Å². The summed E-state index contributed by atoms with van der Waals surface area (Å²) in [5.74, 6) is 1.95. The summed E-state index contributed by atoms with van der Waals surface area (Å²) >= 11 is 0. The summed E-state index contributed by atoms with van der Waals surface area (Å²) in [6.07, 6.45) is 5.33. The fourth-order valence-corrected chi connectivity index (χ4v) is 5.01. The lowest BCUT2D eigenvalue weighted by molar-refractivity contribution is -0.199. The predicted octanol–water partition coefficient (Wildman–Crippen LogP) is 2.01. The Labute approximate surface area is 110 Å². The molecule has 5 fully saturated rings. The van der Waals surface area contributed by atoms with Crippen molar-refractivity contribution in [2.24, 2.45) is 17.3 Å². The van der Waals surface area contributed by atoms with Crippen molar-refractivity contribution in [2.45, 2.75) is 64.1 Å². The Morgan fingerprint density at radius 2 is 2.06 bits per heavy atom. The highest BCUT2D eigenvalue weighted by Gasteiger charge is 2.68. The van der Waals surface area contributed by atoms with Crippen molar-refractivity contribution in [3.8, 4) is 0 Å². The van der Waals surface area contributed by atoms with Gasteiger partial charge in [0.25, 0.3) is 0 Å². The minimum atomic E-state index is -0.0345. The molecular weight excluding hydrogens is 225 g/mol. The van der Waals surface area contributed by atoms with E-state index in [9.17, 15) is 0 Å². The van der Waals surface area contributed by atoms with Crippen LogP contribution in [0.5, 0.6) is 0 Å². The number of nitrogens with one attached hydrogen (secondary N) is 1. The fraction of sp³-hybridized carbons (Fsp3) is 1.00. The second kappa shape index (κ2) is 3.53. The molecule has 5 aliphatic rings. The maximum Gasteiger partial charge on any atom is 0.475 e. The maximum atomic E-state index is 6.44. The van der Waals surface area contributed by atoms with E-state index in [-0.39, 0.29) is 12.7 Å². The van der Waals surface area contributed by atoms with E-state index in [4.69, 9.17) is 9.31 Å². The van der Waals surface area contributed by atoms with Gasteiger partial charge in [0.1, 0.15) is 0 Å². The lowest BCUT2D eigenvalue weighted by Gasteiger charge is -2.64. The summed E-state index contributed by atoms with van der Waals surface area (Å²) in [6, 6.07) is 0. The molecule has 5 rings (SSSR count). The molecule has 1 unspecified atom stereocenters. The third-order valence-corrected chi connectivity index (χ3v) is 6.40. The first-order valence-electron chi connectivity index (χ1n) is 7.58. The Hall–Kier alpha value is -0.0551. The van der Waals surface area contributed by atoms with E-state index in [1.54, 1.807) is 0 Å². The zero-order chi connectivity index (χ0) is 12.5. The zero-order valence-electron chi connectivity index (χ0n) is 11.7. The highest BCUT2D eigenvalue weighted by atomic mass is 16.7. The van der Waals surface area contributed by atoms with Gasteiger partial charge in [-0.15, -0.1) is 0 Å². The smallest absolute Gasteiger partial charge is 0.404 e. The van der Waals surface area contributed by atoms with Crippen LogP contribution in [-0.2, 0) is 9.31 Å². The van der Waals surface area contributed by atoms with E-state index in [2.05, 4.69) is 26.1 Å². The van der Waals surface area contributed by atoms with Gasteiger partial charge in [-0.05, 0) is 56.4 Å². The number of rotatable bonds is 1. The van der Waals surface area contributed by atoms with Crippen LogP contribution in [0.2, 0.25) is 0 Å². The molecule has 1 N–H and O–H groups in total. The molecule has 0 aromatic carbocycles. The monoisotopic (exact) mass is 249 g/mol. The summed E-state index contributed by atoms with van der Waals surface area (Å²) in [6.45, 7) is 8.25. The van der Waals surface area contributed by atoms with Crippen LogP contribution < -0.4 is 5.32 Å². The molecule has 2 saturated heterocycles. The van der Waals surface area contributed by atoms with Gasteiger partial charge in [-0.1, -0.05) is 13.8 Å². The van der Waals surface area contributed by atoms with E-state index in [1.165, 1.54) is 25.7 Å². The maximum absolute atomic E-state index is 6.44. The molecule has 3 nitrogen and oxygen atoms in total. The number of hydrogen-bond acceptors (Lipinski definition) is 3. The van der Waals surface area contributed by atoms with Gasteiger partial charge in [0.05, 0.1) is 11.7 Å². The standard InChI is InChI=1S/C14H24BNO2/c1-13(2)9-7-10(13)14(3)11(8-9)17-15(18-14)12-5-4-6-16-12/h9-12,16H,4-8H2,1-3H3/t9-,10?,11-,12+,14+/m1/s1. The SMILES string of the molecule is CC1(C)C2C[C@@H]1C[C@H]1OB([C@@H]3CCCN3)O[C@@]21C. The second-order valence-electron chi connectivity index (χ2n) is 7.54. The molecule has 2 heterocycles. The quantitative estimate of drug-likeness (QED) is 0.721. The van der Waals surface area contributed by atoms with Crippen LogP contribution in [0.15, 0.2) is 0 Å². The van der Waals surface area contributed by atoms with Crippen LogP contribution in [0.4, 0.5) is 0 Å². The average molecular weight is 249 g/mol. The molecule has 0 amide bonds. The van der Waals surface area contributed by atoms with Gasteiger partial charge in [0, 0.05) is 5.94 Å². The Balaban J connectivity index is 1.57. The zero-order valence-corrected chi connectivity index (χ0v) is 11.7. The molecule has 5 atom stereocenters. The van der Waals surface area contributed by atoms with Crippen molar-refractivity contribution in [1.82, 2.24) is 5.32 Å². The van der Waals surface area contributed by atoms with E-state index in [0.29, 0.717) is 23.4 Å². The summed E-state index contributed by atoms with van der Waals surface area (Å²) in [7, 11) is -0.00218. The van der Waals surface area contributed by atoms with Crippen molar-refractivity contribution in [3.05, 3.63) is 0 Å². The molecule has 4 heteroatoms. The van der Waals surface area contributed by atoms with Gasteiger partial charge in [-0.25, -0.2) is 0 Å². The van der Waals surface area contributed by atoms with Crippen molar-refractivity contribution >= 4 is 7.12 Å². The molecule has 0 radical (unpaired) electrons. The first kappa shape index (κ1) is 11.7. The van der Waals surface area contributed by atoms with E-state index in [1.807, 2.05) is 0 Å². The van der Waals surface area contributed by atoms with Crippen LogP contribution >= 0.6 is 0 Å². The van der Waals surface area contributed by atoms with Crippen LogP contribution in [0.25, 0.3) is 0 Å². The normalized spacial score (nSPS) is 53.2. The van der Waals surface area contributed by atoms with Crippen LogP contribution in [-0.4, -0.2) is 31.3 Å². The summed E-state index contributed by atoms with van der Waals surface area (Å²) in [5.41, 5.74) is 0.416. The van der Waals surface area contributed by atoms with Crippen molar-refractivity contribution in [1.29, 1.82) is 0 Å². The van der Waals surface area contributed by atoms with Crippen LogP contribution in [0.1, 0.15) is 46.5 Å². The van der Waals surface area contributed by atoms with Crippen molar-refractivity contribution in [2.75, 3.05) is 6.54 Å². The first-order valence-corrected chi connectivity index (χ1v) is 7.58. The first-order chi connectivity index (χ1) is 8.52. The molecule has 0 aromatic heterocycles. The molecular formula is C14H24BNO2. The van der Waals surface area contributed by atoms with Gasteiger partial charge < -0.3 is 14.6 Å². The Morgan fingerprint density at radius 1 is 1.22 bits per heavy atom. The Bertz CT molecular complexity index is 369. The molecule has 2 bridgehead atoms. The van der Waals surface area contributed by atoms with Crippen molar-refractivity contribution < 1.29 is 9.31 Å². The molecule has 0 spiro atoms. The molecule has 0 aromatic rings. The second-order valence-corrected chi connectivity index (χ2v) is 7.54. The minimum absolute atomic E-state index is 0.00218. The summed E-state index contributed by atoms with van der Waals surface area (Å²) in [5, 5.41) is 3.52. The van der Waals surface area contributed by atoms with Gasteiger partial charge in [-0.2, -0.15) is 0 Å². The molecule has 3 aliphatic carbocycles. The molecule has 18 heavy (non-hydrogen) atoms. The highest BCUT2D eigenvalue weighted by Crippen LogP contribution is 2.65. The lowest BCUT2D eigenvalue weighted by Crippen LogP contribution is -2.65. The fourth-order valence-electron chi connectivity index (χ4n) is 5.01. The van der Waals surface area contributed by atoms with Gasteiger partial charge in [-0.3, -0.25) is 0 Å². The van der Waals surface area contributed by atoms with Gasteiger partial charge in [0.2, 0.25) is 0 Å². The van der Waals surface area contributed by atoms with Gasteiger partial charge >= 0.3 is 7.12 Å². The number of hydrogen-bond donors (Lipinski definition) is 1. The molecule has 3 saturated carbocycles. The third-order valence-electron chi connectivity index (χ3n) is 6.40. The molecule has 2 aliphatic heterocycles. The minimum Gasteiger partial charge on any atom is -0.404 e. The highest BCUT2D eigenvalue weighted by molar-refractivity contribution is 6.47. The average Bonchev–Trinajstić information content (AvgIpc) is 2.92.